The molecule has 1 aromatic rings. The van der Waals surface area contributed by atoms with Gasteiger partial charge in [0.05, 0.1) is 13.0 Å². The fourth-order valence-corrected chi connectivity index (χ4v) is 2.70. The molecule has 0 aliphatic carbocycles. The van der Waals surface area contributed by atoms with Crippen LogP contribution in [0.25, 0.3) is 0 Å². The Balaban J connectivity index is 1.86. The van der Waals surface area contributed by atoms with E-state index in [1.165, 1.54) is 0 Å². The van der Waals surface area contributed by atoms with Gasteiger partial charge in [0.1, 0.15) is 5.82 Å². The Hall–Kier alpha value is -1.95. The minimum absolute atomic E-state index is 0.135. The molecule has 0 spiro atoms. The third kappa shape index (κ3) is 4.27. The van der Waals surface area contributed by atoms with Crippen molar-refractivity contribution in [1.29, 1.82) is 0 Å². The van der Waals surface area contributed by atoms with Crippen LogP contribution in [0, 0.1) is 0 Å². The van der Waals surface area contributed by atoms with Gasteiger partial charge in [0, 0.05) is 44.0 Å². The lowest BCUT2D eigenvalue weighted by atomic mass is 10.1. The van der Waals surface area contributed by atoms with Crippen LogP contribution >= 0.6 is 0 Å². The molecule has 6 heteroatoms. The molecule has 120 valence electrons. The van der Waals surface area contributed by atoms with Crippen molar-refractivity contribution in [2.45, 2.75) is 26.3 Å². The molecule has 0 radical (unpaired) electrons. The molecule has 0 bridgehead atoms. The first-order valence-corrected chi connectivity index (χ1v) is 7.70. The third-order valence-electron chi connectivity index (χ3n) is 3.85. The predicted octanol–water partition coefficient (Wildman–Crippen LogP) is 1.36. The summed E-state index contributed by atoms with van der Waals surface area (Å²) in [6.07, 6.45) is 2.84. The summed E-state index contributed by atoms with van der Waals surface area (Å²) in [4.78, 5) is 30.9. The lowest BCUT2D eigenvalue weighted by Crippen LogP contribution is -2.52. The van der Waals surface area contributed by atoms with E-state index in [9.17, 15) is 9.59 Å². The number of ether oxygens (including phenoxy) is 1. The average molecular weight is 305 g/mol. The number of carbonyl (C=O) groups excluding carboxylic acids is 2. The van der Waals surface area contributed by atoms with E-state index in [4.69, 9.17) is 4.74 Å². The monoisotopic (exact) mass is 305 g/mol. The van der Waals surface area contributed by atoms with Crippen molar-refractivity contribution in [3.8, 4) is 0 Å². The van der Waals surface area contributed by atoms with Crippen LogP contribution in [0.2, 0.25) is 0 Å². The Morgan fingerprint density at radius 3 is 2.86 bits per heavy atom. The van der Waals surface area contributed by atoms with E-state index in [1.807, 2.05) is 13.0 Å². The van der Waals surface area contributed by atoms with E-state index in [0.29, 0.717) is 24.6 Å². The minimum Gasteiger partial charge on any atom is -0.466 e. The van der Waals surface area contributed by atoms with Gasteiger partial charge in [-0.1, -0.05) is 0 Å². The smallest absolute Gasteiger partial charge is 0.307 e. The van der Waals surface area contributed by atoms with E-state index in [-0.39, 0.29) is 5.97 Å². The number of carbonyl (C=O) groups is 2. The highest BCUT2D eigenvalue weighted by molar-refractivity contribution is 5.74. The summed E-state index contributed by atoms with van der Waals surface area (Å²) < 4.78 is 4.96. The molecule has 1 aromatic heterocycles. The van der Waals surface area contributed by atoms with Gasteiger partial charge in [-0.2, -0.15) is 0 Å². The SMILES string of the molecule is CCOC(=O)CCN1CCN(c2ccc(C=O)cn2)[C@H](C)C1. The Labute approximate surface area is 131 Å². The van der Waals surface area contributed by atoms with E-state index >= 15 is 0 Å². The third-order valence-corrected chi connectivity index (χ3v) is 3.85. The molecule has 0 unspecified atom stereocenters. The van der Waals surface area contributed by atoms with Crippen molar-refractivity contribution in [2.75, 3.05) is 37.7 Å². The molecule has 2 rings (SSSR count). The second kappa shape index (κ2) is 7.89. The molecule has 1 aliphatic heterocycles. The van der Waals surface area contributed by atoms with Crippen LogP contribution in [-0.2, 0) is 9.53 Å². The van der Waals surface area contributed by atoms with Gasteiger partial charge in [-0.05, 0) is 26.0 Å². The van der Waals surface area contributed by atoms with Crippen LogP contribution in [0.15, 0.2) is 18.3 Å². The standard InChI is InChI=1S/C16H23N3O3/c1-3-22-16(21)6-7-18-8-9-19(13(2)11-18)15-5-4-14(12-20)10-17-15/h4-5,10,12-13H,3,6-9,11H2,1-2H3/t13-/m1/s1. The normalized spacial score (nSPS) is 19.0. The number of esters is 1. The number of hydrogen-bond donors (Lipinski definition) is 0. The summed E-state index contributed by atoms with van der Waals surface area (Å²) in [6, 6.07) is 3.98. The first kappa shape index (κ1) is 16.4. The van der Waals surface area contributed by atoms with Crippen LogP contribution < -0.4 is 4.90 Å². The Morgan fingerprint density at radius 1 is 1.45 bits per heavy atom. The Kier molecular flexibility index (Phi) is 5.89. The summed E-state index contributed by atoms with van der Waals surface area (Å²) in [5.41, 5.74) is 0.587. The van der Waals surface area contributed by atoms with E-state index in [2.05, 4.69) is 21.7 Å². The van der Waals surface area contributed by atoms with Crippen LogP contribution in [0.1, 0.15) is 30.6 Å². The summed E-state index contributed by atoms with van der Waals surface area (Å²) in [6.45, 7) is 7.77. The van der Waals surface area contributed by atoms with Crippen LogP contribution in [-0.4, -0.2) is 61.0 Å². The topological polar surface area (TPSA) is 62.7 Å². The zero-order chi connectivity index (χ0) is 15.9. The van der Waals surface area contributed by atoms with Gasteiger partial charge in [0.15, 0.2) is 6.29 Å². The van der Waals surface area contributed by atoms with Crippen molar-refractivity contribution >= 4 is 18.1 Å². The van der Waals surface area contributed by atoms with Gasteiger partial charge < -0.3 is 9.64 Å². The van der Waals surface area contributed by atoms with Crippen molar-refractivity contribution in [1.82, 2.24) is 9.88 Å². The van der Waals surface area contributed by atoms with E-state index < -0.39 is 0 Å². The number of nitrogens with zero attached hydrogens (tertiary/aromatic N) is 3. The molecule has 1 atom stereocenters. The number of hydrogen-bond acceptors (Lipinski definition) is 6. The van der Waals surface area contributed by atoms with Crippen molar-refractivity contribution in [2.24, 2.45) is 0 Å². The molecule has 1 fully saturated rings. The quantitative estimate of drug-likeness (QED) is 0.584. The van der Waals surface area contributed by atoms with Crippen LogP contribution in [0.5, 0.6) is 0 Å². The highest BCUT2D eigenvalue weighted by Crippen LogP contribution is 2.18. The molecule has 22 heavy (non-hydrogen) atoms. The molecular formula is C16H23N3O3. The maximum absolute atomic E-state index is 11.4. The number of piperazine rings is 1. The molecule has 2 heterocycles. The molecule has 1 aliphatic rings. The van der Waals surface area contributed by atoms with Crippen molar-refractivity contribution < 1.29 is 14.3 Å². The molecule has 0 saturated carbocycles. The molecule has 0 aromatic carbocycles. The molecule has 1 saturated heterocycles. The molecule has 6 nitrogen and oxygen atoms in total. The van der Waals surface area contributed by atoms with Gasteiger partial charge in [-0.15, -0.1) is 0 Å². The summed E-state index contributed by atoms with van der Waals surface area (Å²) in [5.74, 6) is 0.756. The van der Waals surface area contributed by atoms with Gasteiger partial charge in [0.25, 0.3) is 0 Å². The molecule has 0 N–H and O–H groups in total. The van der Waals surface area contributed by atoms with Crippen molar-refractivity contribution in [3.63, 3.8) is 0 Å². The molecular weight excluding hydrogens is 282 g/mol. The number of anilines is 1. The van der Waals surface area contributed by atoms with E-state index in [1.54, 1.807) is 12.3 Å². The second-order valence-electron chi connectivity index (χ2n) is 5.47. The maximum Gasteiger partial charge on any atom is 0.307 e. The number of pyridine rings is 1. The maximum atomic E-state index is 11.4. The van der Waals surface area contributed by atoms with Crippen LogP contribution in [0.4, 0.5) is 5.82 Å². The van der Waals surface area contributed by atoms with Gasteiger partial charge in [0.2, 0.25) is 0 Å². The van der Waals surface area contributed by atoms with E-state index in [0.717, 1.165) is 38.3 Å². The molecule has 0 amide bonds. The summed E-state index contributed by atoms with van der Waals surface area (Å²) in [5, 5.41) is 0. The highest BCUT2D eigenvalue weighted by atomic mass is 16.5. The fraction of sp³-hybridized carbons (Fsp3) is 0.562. The zero-order valence-electron chi connectivity index (χ0n) is 13.2. The number of aromatic nitrogens is 1. The lowest BCUT2D eigenvalue weighted by Gasteiger charge is -2.40. The predicted molar refractivity (Wildman–Crippen MR) is 84.1 cm³/mol. The lowest BCUT2D eigenvalue weighted by molar-refractivity contribution is -0.143. The average Bonchev–Trinajstić information content (AvgIpc) is 2.53. The van der Waals surface area contributed by atoms with Gasteiger partial charge in [-0.25, -0.2) is 4.98 Å². The van der Waals surface area contributed by atoms with Gasteiger partial charge >= 0.3 is 5.97 Å². The second-order valence-corrected chi connectivity index (χ2v) is 5.47. The number of aldehydes is 1. The largest absolute Gasteiger partial charge is 0.466 e. The first-order valence-electron chi connectivity index (χ1n) is 7.70. The summed E-state index contributed by atoms with van der Waals surface area (Å²) in [7, 11) is 0. The van der Waals surface area contributed by atoms with Crippen molar-refractivity contribution in [3.05, 3.63) is 23.9 Å². The van der Waals surface area contributed by atoms with Gasteiger partial charge in [-0.3, -0.25) is 14.5 Å². The minimum atomic E-state index is -0.135. The summed E-state index contributed by atoms with van der Waals surface area (Å²) >= 11 is 0. The highest BCUT2D eigenvalue weighted by Gasteiger charge is 2.24. The Morgan fingerprint density at radius 2 is 2.27 bits per heavy atom. The first-order chi connectivity index (χ1) is 10.6. The van der Waals surface area contributed by atoms with Crippen LogP contribution in [0.3, 0.4) is 0 Å². The Bertz CT molecular complexity index is 504. The fourth-order valence-electron chi connectivity index (χ4n) is 2.70. The number of rotatable bonds is 6. The zero-order valence-corrected chi connectivity index (χ0v) is 13.2.